The number of anilines is 1. The number of benzene rings is 2. The van der Waals surface area contributed by atoms with Gasteiger partial charge in [0.05, 0.1) is 30.2 Å². The zero-order valence-electron chi connectivity index (χ0n) is 17.4. The van der Waals surface area contributed by atoms with Crippen LogP contribution >= 0.6 is 12.2 Å². The lowest BCUT2D eigenvalue weighted by Gasteiger charge is -2.29. The predicted molar refractivity (Wildman–Crippen MR) is 127 cm³/mol. The molecule has 3 heterocycles. The van der Waals surface area contributed by atoms with Gasteiger partial charge in [-0.25, -0.2) is 4.39 Å². The summed E-state index contributed by atoms with van der Waals surface area (Å²) >= 11 is 5.71. The Morgan fingerprint density at radius 2 is 1.69 bits per heavy atom. The Kier molecular flexibility index (Phi) is 5.33. The molecule has 2 aromatic heterocycles. The molecule has 160 valence electrons. The number of nitrogens with one attached hydrogen (secondary N) is 1. The Balaban J connectivity index is 1.70. The lowest BCUT2D eigenvalue weighted by Crippen LogP contribution is -2.31. The van der Waals surface area contributed by atoms with E-state index in [0.717, 1.165) is 22.8 Å². The summed E-state index contributed by atoms with van der Waals surface area (Å²) in [7, 11) is 1.65. The first-order valence-corrected chi connectivity index (χ1v) is 10.7. The van der Waals surface area contributed by atoms with E-state index in [9.17, 15) is 4.39 Å². The largest absolute Gasteiger partial charge is 0.495 e. The molecule has 5 nitrogen and oxygen atoms in total. The molecule has 0 amide bonds. The number of hydrogen-bond acceptors (Lipinski definition) is 3. The molecule has 2 atom stereocenters. The summed E-state index contributed by atoms with van der Waals surface area (Å²) < 4.78 is 22.6. The van der Waals surface area contributed by atoms with Gasteiger partial charge in [0.1, 0.15) is 17.6 Å². The maximum atomic E-state index is 14.9. The van der Waals surface area contributed by atoms with Gasteiger partial charge in [0, 0.05) is 18.1 Å². The molecule has 0 radical (unpaired) electrons. The number of pyridine rings is 1. The minimum Gasteiger partial charge on any atom is -0.495 e. The van der Waals surface area contributed by atoms with Gasteiger partial charge in [0.25, 0.3) is 0 Å². The lowest BCUT2D eigenvalue weighted by molar-refractivity contribution is 0.412. The van der Waals surface area contributed by atoms with Crippen LogP contribution in [0.2, 0.25) is 0 Å². The first-order valence-electron chi connectivity index (χ1n) is 10.2. The van der Waals surface area contributed by atoms with Crippen molar-refractivity contribution in [1.82, 2.24) is 14.9 Å². The number of hydrogen-bond donors (Lipinski definition) is 1. The van der Waals surface area contributed by atoms with Gasteiger partial charge in [-0.05, 0) is 60.7 Å². The maximum absolute atomic E-state index is 14.9. The molecule has 0 bridgehead atoms. The monoisotopic (exact) mass is 444 g/mol. The van der Waals surface area contributed by atoms with Crippen LogP contribution in [-0.2, 0) is 0 Å². The van der Waals surface area contributed by atoms with E-state index in [2.05, 4.69) is 14.9 Å². The molecule has 0 saturated carbocycles. The third-order valence-corrected chi connectivity index (χ3v) is 5.95. The van der Waals surface area contributed by atoms with Crippen LogP contribution in [0.15, 0.2) is 91.3 Å². The number of thiocarbonyl (C=S) groups is 1. The Bertz CT molecular complexity index is 1260. The fourth-order valence-electron chi connectivity index (χ4n) is 4.25. The van der Waals surface area contributed by atoms with Crippen molar-refractivity contribution in [3.63, 3.8) is 0 Å². The smallest absolute Gasteiger partial charge is 0.174 e. The van der Waals surface area contributed by atoms with Crippen molar-refractivity contribution in [1.29, 1.82) is 0 Å². The molecule has 7 heteroatoms. The number of aromatic nitrogens is 2. The van der Waals surface area contributed by atoms with Crippen molar-refractivity contribution in [2.75, 3.05) is 12.0 Å². The van der Waals surface area contributed by atoms with E-state index in [1.54, 1.807) is 25.4 Å². The molecule has 1 saturated heterocycles. The second-order valence-corrected chi connectivity index (χ2v) is 7.81. The quantitative estimate of drug-likeness (QED) is 0.429. The number of halogens is 1. The first kappa shape index (κ1) is 20.2. The Labute approximate surface area is 191 Å². The molecule has 0 unspecified atom stereocenters. The molecule has 0 aliphatic carbocycles. The van der Waals surface area contributed by atoms with Crippen LogP contribution in [0.4, 0.5) is 10.1 Å². The number of rotatable bonds is 5. The number of para-hydroxylation sites is 3. The summed E-state index contributed by atoms with van der Waals surface area (Å²) in [5.41, 5.74) is 3.06. The highest BCUT2D eigenvalue weighted by Gasteiger charge is 2.43. The van der Waals surface area contributed by atoms with Crippen molar-refractivity contribution < 1.29 is 9.13 Å². The summed E-state index contributed by atoms with van der Waals surface area (Å²) in [5.74, 6) is 0.407. The Morgan fingerprint density at radius 1 is 0.938 bits per heavy atom. The predicted octanol–water partition coefficient (Wildman–Crippen LogP) is 5.20. The second kappa shape index (κ2) is 8.43. The zero-order valence-corrected chi connectivity index (χ0v) is 18.2. The number of nitrogens with zero attached hydrogens (tertiary/aromatic N) is 3. The minimum atomic E-state index is -0.339. The van der Waals surface area contributed by atoms with Crippen LogP contribution in [0.1, 0.15) is 23.5 Å². The fraction of sp³-hybridized carbons (Fsp3) is 0.120. The van der Waals surface area contributed by atoms with E-state index in [-0.39, 0.29) is 17.9 Å². The molecule has 32 heavy (non-hydrogen) atoms. The van der Waals surface area contributed by atoms with Crippen molar-refractivity contribution in [2.24, 2.45) is 0 Å². The summed E-state index contributed by atoms with van der Waals surface area (Å²) in [5, 5.41) is 3.82. The molecule has 4 aromatic rings. The van der Waals surface area contributed by atoms with Gasteiger partial charge in [-0.3, -0.25) is 4.98 Å². The van der Waals surface area contributed by atoms with Crippen molar-refractivity contribution in [3.05, 3.63) is 108 Å². The zero-order chi connectivity index (χ0) is 22.1. The van der Waals surface area contributed by atoms with Crippen LogP contribution in [-0.4, -0.2) is 21.8 Å². The van der Waals surface area contributed by atoms with Crippen LogP contribution in [0.3, 0.4) is 0 Å². The Hall–Kier alpha value is -3.71. The van der Waals surface area contributed by atoms with E-state index in [1.807, 2.05) is 71.8 Å². The molecular weight excluding hydrogens is 423 g/mol. The van der Waals surface area contributed by atoms with Crippen molar-refractivity contribution in [3.8, 4) is 11.4 Å². The van der Waals surface area contributed by atoms with Gasteiger partial charge in [-0.2, -0.15) is 0 Å². The van der Waals surface area contributed by atoms with Crippen LogP contribution in [0, 0.1) is 5.82 Å². The summed E-state index contributed by atoms with van der Waals surface area (Å²) in [6, 6.07) is 23.6. The average molecular weight is 445 g/mol. The van der Waals surface area contributed by atoms with E-state index >= 15 is 0 Å². The highest BCUT2D eigenvalue weighted by Crippen LogP contribution is 2.43. The van der Waals surface area contributed by atoms with Crippen LogP contribution < -0.4 is 15.0 Å². The van der Waals surface area contributed by atoms with Gasteiger partial charge in [0.15, 0.2) is 5.11 Å². The third-order valence-electron chi connectivity index (χ3n) is 5.64. The van der Waals surface area contributed by atoms with Crippen molar-refractivity contribution in [2.45, 2.75) is 12.1 Å². The lowest BCUT2D eigenvalue weighted by atomic mass is 10.0. The standard InChI is InChI=1S/C25H21FN4OS/c1-31-22-14-5-4-12-20(22)29-16-8-13-21(29)24-23(18-10-6-7-15-27-18)28-25(32)30(24)19-11-3-2-9-17(19)26/h2-16,23-24H,1H3,(H,28,32)/t23-,24-/m1/s1. The number of ether oxygens (including phenoxy) is 1. The molecule has 1 aliphatic rings. The Morgan fingerprint density at radius 3 is 2.44 bits per heavy atom. The SMILES string of the molecule is COc1ccccc1-n1cccc1[C@@H]1[C@@H](c2ccccn2)NC(=S)N1c1ccccc1F. The molecule has 0 spiro atoms. The van der Waals surface area contributed by atoms with Gasteiger partial charge < -0.3 is 19.5 Å². The van der Waals surface area contributed by atoms with Gasteiger partial charge in [0.2, 0.25) is 0 Å². The normalized spacial score (nSPS) is 17.9. The molecule has 1 N–H and O–H groups in total. The fourth-order valence-corrected chi connectivity index (χ4v) is 4.58. The van der Waals surface area contributed by atoms with Gasteiger partial charge >= 0.3 is 0 Å². The van der Waals surface area contributed by atoms with Gasteiger partial charge in [-0.15, -0.1) is 0 Å². The van der Waals surface area contributed by atoms with E-state index in [0.29, 0.717) is 10.8 Å². The van der Waals surface area contributed by atoms with E-state index in [1.165, 1.54) is 6.07 Å². The minimum absolute atomic E-state index is 0.272. The molecule has 2 aromatic carbocycles. The maximum Gasteiger partial charge on any atom is 0.174 e. The molecule has 1 aliphatic heterocycles. The average Bonchev–Trinajstić information content (AvgIpc) is 3.44. The molecule has 1 fully saturated rings. The third kappa shape index (κ3) is 3.40. The van der Waals surface area contributed by atoms with Crippen LogP contribution in [0.25, 0.3) is 5.69 Å². The van der Waals surface area contributed by atoms with Crippen LogP contribution in [0.5, 0.6) is 5.75 Å². The molecular formula is C25H21FN4OS. The molecule has 5 rings (SSSR count). The second-order valence-electron chi connectivity index (χ2n) is 7.42. The topological polar surface area (TPSA) is 42.3 Å². The highest BCUT2D eigenvalue weighted by molar-refractivity contribution is 7.80. The first-order chi connectivity index (χ1) is 15.7. The van der Waals surface area contributed by atoms with Gasteiger partial charge in [-0.1, -0.05) is 30.3 Å². The summed E-state index contributed by atoms with van der Waals surface area (Å²) in [6.07, 6.45) is 3.73. The van der Waals surface area contributed by atoms with E-state index < -0.39 is 0 Å². The number of methoxy groups -OCH3 is 1. The summed E-state index contributed by atoms with van der Waals surface area (Å²) in [4.78, 5) is 6.40. The van der Waals surface area contributed by atoms with E-state index in [4.69, 9.17) is 17.0 Å². The van der Waals surface area contributed by atoms with Crippen molar-refractivity contribution >= 4 is 23.0 Å². The summed E-state index contributed by atoms with van der Waals surface area (Å²) in [6.45, 7) is 0. The highest BCUT2D eigenvalue weighted by atomic mass is 32.1.